The van der Waals surface area contributed by atoms with Crippen LogP contribution in [0.1, 0.15) is 20.7 Å². The van der Waals surface area contributed by atoms with Gasteiger partial charge in [0.2, 0.25) is 6.08 Å². The molecule has 0 bridgehead atoms. The van der Waals surface area contributed by atoms with Gasteiger partial charge in [-0.1, -0.05) is 12.1 Å². The number of rotatable bonds is 3. The molecule has 0 radical (unpaired) electrons. The van der Waals surface area contributed by atoms with Gasteiger partial charge in [0.1, 0.15) is 0 Å². The van der Waals surface area contributed by atoms with E-state index in [-0.39, 0.29) is 16.8 Å². The van der Waals surface area contributed by atoms with Crippen LogP contribution in [0.15, 0.2) is 35.3 Å². The fraction of sp³-hybridized carbons (Fsp3) is 0. The van der Waals surface area contributed by atoms with E-state index in [1.54, 1.807) is 0 Å². The second-order valence-electron chi connectivity index (χ2n) is 3.71. The van der Waals surface area contributed by atoms with Crippen LogP contribution in [0.5, 0.6) is 0 Å². The lowest BCUT2D eigenvalue weighted by molar-refractivity contribution is 0.0688. The van der Waals surface area contributed by atoms with Crippen LogP contribution in [0.2, 0.25) is 0 Å². The van der Waals surface area contributed by atoms with E-state index in [1.165, 1.54) is 36.4 Å². The number of carboxylic acid groups (broad SMARTS) is 2. The SMILES string of the molecule is O=C=Nc1ccc2cc(C(=O)O)ccc2c1C(=O)O. The van der Waals surface area contributed by atoms with Crippen LogP contribution in [0.3, 0.4) is 0 Å². The summed E-state index contributed by atoms with van der Waals surface area (Å²) in [6.45, 7) is 0. The number of aliphatic imine (C=N–C) groups is 1. The Balaban J connectivity index is 2.83. The number of isocyanates is 1. The molecule has 0 amide bonds. The number of benzene rings is 2. The molecule has 2 rings (SSSR count). The number of aromatic carboxylic acids is 2. The average molecular weight is 257 g/mol. The molecule has 6 nitrogen and oxygen atoms in total. The molecule has 0 heterocycles. The average Bonchev–Trinajstić information content (AvgIpc) is 2.37. The molecule has 0 unspecified atom stereocenters. The van der Waals surface area contributed by atoms with Crippen molar-refractivity contribution in [3.8, 4) is 0 Å². The van der Waals surface area contributed by atoms with Gasteiger partial charge in [0.15, 0.2) is 0 Å². The summed E-state index contributed by atoms with van der Waals surface area (Å²) in [5, 5.41) is 18.8. The first kappa shape index (κ1) is 12.5. The predicted octanol–water partition coefficient (Wildman–Crippen LogP) is 2.20. The fourth-order valence-electron chi connectivity index (χ4n) is 1.82. The molecule has 0 saturated heterocycles. The highest BCUT2D eigenvalue weighted by Crippen LogP contribution is 2.29. The number of carboxylic acids is 2. The predicted molar refractivity (Wildman–Crippen MR) is 65.6 cm³/mol. The van der Waals surface area contributed by atoms with Crippen molar-refractivity contribution in [1.29, 1.82) is 0 Å². The lowest BCUT2D eigenvalue weighted by Gasteiger charge is -2.06. The summed E-state index contributed by atoms with van der Waals surface area (Å²) in [5.74, 6) is -2.35. The number of fused-ring (bicyclic) bond motifs is 1. The first-order chi connectivity index (χ1) is 9.04. The normalized spacial score (nSPS) is 9.89. The minimum Gasteiger partial charge on any atom is -0.478 e. The summed E-state index contributed by atoms with van der Waals surface area (Å²) < 4.78 is 0. The van der Waals surface area contributed by atoms with Crippen LogP contribution in [0, 0.1) is 0 Å². The van der Waals surface area contributed by atoms with Gasteiger partial charge in [-0.3, -0.25) is 0 Å². The molecule has 2 N–H and O–H groups in total. The lowest BCUT2D eigenvalue weighted by atomic mass is 10.0. The highest BCUT2D eigenvalue weighted by Gasteiger charge is 2.15. The molecule has 0 aliphatic heterocycles. The Bertz CT molecular complexity index is 744. The molecule has 0 saturated carbocycles. The van der Waals surface area contributed by atoms with Crippen molar-refractivity contribution >= 4 is 34.5 Å². The quantitative estimate of drug-likeness (QED) is 0.647. The maximum absolute atomic E-state index is 11.2. The second kappa shape index (κ2) is 4.72. The van der Waals surface area contributed by atoms with Crippen molar-refractivity contribution in [3.63, 3.8) is 0 Å². The van der Waals surface area contributed by atoms with Crippen LogP contribution in [-0.2, 0) is 4.79 Å². The van der Waals surface area contributed by atoms with E-state index in [4.69, 9.17) is 10.2 Å². The second-order valence-corrected chi connectivity index (χ2v) is 3.71. The van der Waals surface area contributed by atoms with Gasteiger partial charge in [-0.25, -0.2) is 14.4 Å². The zero-order valence-electron chi connectivity index (χ0n) is 9.45. The molecule has 94 valence electrons. The molecule has 2 aromatic carbocycles. The van der Waals surface area contributed by atoms with Gasteiger partial charge in [0.25, 0.3) is 0 Å². The summed E-state index contributed by atoms with van der Waals surface area (Å²) in [5.41, 5.74) is -0.119. The van der Waals surface area contributed by atoms with Crippen molar-refractivity contribution in [2.75, 3.05) is 0 Å². The van der Waals surface area contributed by atoms with Crippen molar-refractivity contribution in [2.24, 2.45) is 4.99 Å². The van der Waals surface area contributed by atoms with E-state index in [0.29, 0.717) is 10.8 Å². The third kappa shape index (κ3) is 2.20. The van der Waals surface area contributed by atoms with Gasteiger partial charge in [0, 0.05) is 0 Å². The fourth-order valence-corrected chi connectivity index (χ4v) is 1.82. The number of carbonyl (C=O) groups excluding carboxylic acids is 1. The molecule has 0 spiro atoms. The van der Waals surface area contributed by atoms with Crippen LogP contribution < -0.4 is 0 Å². The zero-order chi connectivity index (χ0) is 14.0. The standard InChI is InChI=1S/C13H7NO5/c15-6-14-10-4-2-7-5-8(12(16)17)1-3-9(7)11(10)13(18)19/h1-5H,(H,16,17)(H,18,19). The van der Waals surface area contributed by atoms with Crippen molar-refractivity contribution < 1.29 is 24.6 Å². The van der Waals surface area contributed by atoms with Gasteiger partial charge in [-0.2, -0.15) is 4.99 Å². The first-order valence-corrected chi connectivity index (χ1v) is 5.16. The highest BCUT2D eigenvalue weighted by atomic mass is 16.4. The Kier molecular flexibility index (Phi) is 3.10. The van der Waals surface area contributed by atoms with Gasteiger partial charge in [-0.15, -0.1) is 0 Å². The molecule has 0 aromatic heterocycles. The number of carbonyl (C=O) groups is 2. The van der Waals surface area contributed by atoms with E-state index < -0.39 is 11.9 Å². The van der Waals surface area contributed by atoms with Crippen molar-refractivity contribution in [2.45, 2.75) is 0 Å². The lowest BCUT2D eigenvalue weighted by Crippen LogP contribution is -2.00. The summed E-state index contributed by atoms with van der Waals surface area (Å²) in [4.78, 5) is 35.7. The Hall–Kier alpha value is -2.98. The number of hydrogen-bond acceptors (Lipinski definition) is 4. The molecule has 0 atom stereocenters. The van der Waals surface area contributed by atoms with E-state index in [9.17, 15) is 14.4 Å². The Labute approximate surface area is 106 Å². The van der Waals surface area contributed by atoms with E-state index in [2.05, 4.69) is 4.99 Å². The molecule has 2 aromatic rings. The van der Waals surface area contributed by atoms with Crippen molar-refractivity contribution in [1.82, 2.24) is 0 Å². The first-order valence-electron chi connectivity index (χ1n) is 5.16. The molecule has 0 aliphatic rings. The van der Waals surface area contributed by atoms with E-state index in [1.807, 2.05) is 0 Å². The maximum Gasteiger partial charge on any atom is 0.338 e. The van der Waals surface area contributed by atoms with Gasteiger partial charge < -0.3 is 10.2 Å². The van der Waals surface area contributed by atoms with E-state index >= 15 is 0 Å². The molecule has 19 heavy (non-hydrogen) atoms. The summed E-state index contributed by atoms with van der Waals surface area (Å²) in [7, 11) is 0. The summed E-state index contributed by atoms with van der Waals surface area (Å²) in [6, 6.07) is 6.88. The Morgan fingerprint density at radius 3 is 2.37 bits per heavy atom. The van der Waals surface area contributed by atoms with E-state index in [0.717, 1.165) is 0 Å². The zero-order valence-corrected chi connectivity index (χ0v) is 9.45. The Morgan fingerprint density at radius 2 is 1.79 bits per heavy atom. The maximum atomic E-state index is 11.2. The molecular weight excluding hydrogens is 250 g/mol. The summed E-state index contributed by atoms with van der Waals surface area (Å²) >= 11 is 0. The molecule has 0 aliphatic carbocycles. The van der Waals surface area contributed by atoms with Crippen molar-refractivity contribution in [3.05, 3.63) is 41.5 Å². The van der Waals surface area contributed by atoms with Gasteiger partial charge in [-0.05, 0) is 29.0 Å². The Morgan fingerprint density at radius 1 is 1.05 bits per heavy atom. The van der Waals surface area contributed by atoms with Gasteiger partial charge >= 0.3 is 11.9 Å². The van der Waals surface area contributed by atoms with Crippen LogP contribution in [0.25, 0.3) is 10.8 Å². The minimum absolute atomic E-state index is 0.0157. The number of nitrogens with zero attached hydrogens (tertiary/aromatic N) is 1. The smallest absolute Gasteiger partial charge is 0.338 e. The molecule has 0 fully saturated rings. The highest BCUT2D eigenvalue weighted by molar-refractivity contribution is 6.09. The van der Waals surface area contributed by atoms with Crippen LogP contribution in [-0.4, -0.2) is 28.2 Å². The monoisotopic (exact) mass is 257 g/mol. The number of hydrogen-bond donors (Lipinski definition) is 2. The third-order valence-corrected chi connectivity index (χ3v) is 2.62. The minimum atomic E-state index is -1.25. The topological polar surface area (TPSA) is 104 Å². The third-order valence-electron chi connectivity index (χ3n) is 2.62. The van der Waals surface area contributed by atoms with Gasteiger partial charge in [0.05, 0.1) is 16.8 Å². The molecular formula is C13H7NO5. The van der Waals surface area contributed by atoms with Crippen LogP contribution >= 0.6 is 0 Å². The van der Waals surface area contributed by atoms with Crippen LogP contribution in [0.4, 0.5) is 5.69 Å². The largest absolute Gasteiger partial charge is 0.478 e. The summed E-state index contributed by atoms with van der Waals surface area (Å²) in [6.07, 6.45) is 1.29. The molecule has 6 heteroatoms.